The largest absolute Gasteiger partial charge is 0.481 e. The third-order valence-corrected chi connectivity index (χ3v) is 3.31. The average Bonchev–Trinajstić information content (AvgIpc) is 2.93. The molecular formula is C17H21N3O3. The van der Waals surface area contributed by atoms with Crippen molar-refractivity contribution in [3.63, 3.8) is 0 Å². The Morgan fingerprint density at radius 2 is 1.87 bits per heavy atom. The number of carbonyl (C=O) groups excluding carboxylic acids is 1. The minimum atomic E-state index is -0.943. The number of carbonyl (C=O) groups is 2. The Bertz CT molecular complexity index is 700. The number of para-hydroxylation sites is 1. The molecule has 0 spiro atoms. The van der Waals surface area contributed by atoms with Gasteiger partial charge in [0, 0.05) is 18.2 Å². The van der Waals surface area contributed by atoms with Gasteiger partial charge < -0.3 is 10.4 Å². The van der Waals surface area contributed by atoms with Crippen LogP contribution < -0.4 is 5.32 Å². The molecule has 0 atom stereocenters. The number of rotatable bonds is 5. The van der Waals surface area contributed by atoms with Crippen LogP contribution in [0.5, 0.6) is 0 Å². The third-order valence-electron chi connectivity index (χ3n) is 3.31. The number of carboxylic acid groups (broad SMARTS) is 1. The Morgan fingerprint density at radius 1 is 1.22 bits per heavy atom. The number of benzene rings is 1. The molecule has 6 heteroatoms. The van der Waals surface area contributed by atoms with E-state index in [0.29, 0.717) is 11.3 Å². The number of nitrogens with zero attached hydrogens (tertiary/aromatic N) is 2. The lowest BCUT2D eigenvalue weighted by Crippen LogP contribution is -2.28. The molecule has 6 nitrogen and oxygen atoms in total. The van der Waals surface area contributed by atoms with E-state index in [0.717, 1.165) is 5.69 Å². The molecule has 122 valence electrons. The Balaban J connectivity index is 2.32. The van der Waals surface area contributed by atoms with Gasteiger partial charge in [-0.25, -0.2) is 4.68 Å². The molecule has 0 bridgehead atoms. The quantitative estimate of drug-likeness (QED) is 0.887. The van der Waals surface area contributed by atoms with Gasteiger partial charge in [-0.1, -0.05) is 39.0 Å². The van der Waals surface area contributed by atoms with E-state index < -0.39 is 5.97 Å². The van der Waals surface area contributed by atoms with Gasteiger partial charge in [0.2, 0.25) is 0 Å². The van der Waals surface area contributed by atoms with Gasteiger partial charge >= 0.3 is 5.97 Å². The van der Waals surface area contributed by atoms with Crippen molar-refractivity contribution in [2.45, 2.75) is 32.6 Å². The number of nitrogens with one attached hydrogen (secondary N) is 1. The Kier molecular flexibility index (Phi) is 4.83. The first-order valence-corrected chi connectivity index (χ1v) is 7.44. The van der Waals surface area contributed by atoms with E-state index in [2.05, 4.69) is 10.4 Å². The van der Waals surface area contributed by atoms with Crippen molar-refractivity contribution in [2.24, 2.45) is 0 Å². The zero-order valence-electron chi connectivity index (χ0n) is 13.5. The molecule has 1 aromatic carbocycles. The second-order valence-corrected chi connectivity index (χ2v) is 6.32. The van der Waals surface area contributed by atoms with E-state index in [4.69, 9.17) is 5.11 Å². The van der Waals surface area contributed by atoms with Crippen molar-refractivity contribution < 1.29 is 14.7 Å². The number of hydrogen-bond donors (Lipinski definition) is 2. The predicted molar refractivity (Wildman–Crippen MR) is 86.9 cm³/mol. The van der Waals surface area contributed by atoms with Crippen molar-refractivity contribution in [3.8, 4) is 5.69 Å². The predicted octanol–water partition coefficient (Wildman–Crippen LogP) is 2.37. The Labute approximate surface area is 135 Å². The van der Waals surface area contributed by atoms with Crippen LogP contribution in [0.25, 0.3) is 5.69 Å². The summed E-state index contributed by atoms with van der Waals surface area (Å²) in [4.78, 5) is 22.9. The monoisotopic (exact) mass is 315 g/mol. The summed E-state index contributed by atoms with van der Waals surface area (Å²) >= 11 is 0. The van der Waals surface area contributed by atoms with Crippen LogP contribution in [0.2, 0.25) is 0 Å². The lowest BCUT2D eigenvalue weighted by Gasteiger charge is -2.17. The van der Waals surface area contributed by atoms with Crippen LogP contribution in [-0.2, 0) is 10.2 Å². The lowest BCUT2D eigenvalue weighted by atomic mass is 9.89. The number of aromatic nitrogens is 2. The van der Waals surface area contributed by atoms with Gasteiger partial charge in [0.05, 0.1) is 23.4 Å². The van der Waals surface area contributed by atoms with Crippen LogP contribution in [0.3, 0.4) is 0 Å². The molecule has 2 rings (SSSR count). The van der Waals surface area contributed by atoms with Crippen LogP contribution in [0, 0.1) is 0 Å². The van der Waals surface area contributed by atoms with E-state index in [9.17, 15) is 9.59 Å². The van der Waals surface area contributed by atoms with Crippen molar-refractivity contribution in [1.82, 2.24) is 15.1 Å². The summed E-state index contributed by atoms with van der Waals surface area (Å²) in [5.41, 5.74) is 1.70. The van der Waals surface area contributed by atoms with Gasteiger partial charge in [-0.2, -0.15) is 5.10 Å². The molecule has 0 fully saturated rings. The van der Waals surface area contributed by atoms with E-state index >= 15 is 0 Å². The van der Waals surface area contributed by atoms with Gasteiger partial charge in [-0.05, 0) is 12.1 Å². The lowest BCUT2D eigenvalue weighted by molar-refractivity contribution is -0.136. The highest BCUT2D eigenvalue weighted by Crippen LogP contribution is 2.25. The summed E-state index contributed by atoms with van der Waals surface area (Å²) in [6.07, 6.45) is 1.58. The average molecular weight is 315 g/mol. The molecule has 0 radical (unpaired) electrons. The minimum absolute atomic E-state index is 0.0915. The normalized spacial score (nSPS) is 11.3. The molecule has 1 heterocycles. The minimum Gasteiger partial charge on any atom is -0.481 e. The smallest absolute Gasteiger partial charge is 0.305 e. The number of hydrogen-bond acceptors (Lipinski definition) is 3. The van der Waals surface area contributed by atoms with Gasteiger partial charge in [-0.15, -0.1) is 0 Å². The summed E-state index contributed by atoms with van der Waals surface area (Å²) in [7, 11) is 0. The maximum absolute atomic E-state index is 12.4. The zero-order valence-corrected chi connectivity index (χ0v) is 13.5. The molecule has 0 aliphatic carbocycles. The van der Waals surface area contributed by atoms with Crippen molar-refractivity contribution in [3.05, 3.63) is 47.8 Å². The number of amides is 1. The van der Waals surface area contributed by atoms with E-state index in [1.54, 1.807) is 10.9 Å². The summed E-state index contributed by atoms with van der Waals surface area (Å²) < 4.78 is 1.67. The molecule has 2 N–H and O–H groups in total. The van der Waals surface area contributed by atoms with Crippen LogP contribution in [-0.4, -0.2) is 33.3 Å². The first-order valence-electron chi connectivity index (χ1n) is 7.44. The van der Waals surface area contributed by atoms with Crippen LogP contribution in [0.4, 0.5) is 0 Å². The molecule has 2 aromatic rings. The van der Waals surface area contributed by atoms with E-state index in [-0.39, 0.29) is 24.3 Å². The van der Waals surface area contributed by atoms with Crippen molar-refractivity contribution in [1.29, 1.82) is 0 Å². The van der Waals surface area contributed by atoms with Crippen LogP contribution >= 0.6 is 0 Å². The molecule has 0 saturated heterocycles. The van der Waals surface area contributed by atoms with Gasteiger partial charge in [-0.3, -0.25) is 9.59 Å². The summed E-state index contributed by atoms with van der Waals surface area (Å²) in [5, 5.41) is 15.9. The van der Waals surface area contributed by atoms with Gasteiger partial charge in [0.15, 0.2) is 0 Å². The number of carboxylic acids is 1. The fourth-order valence-electron chi connectivity index (χ4n) is 2.19. The van der Waals surface area contributed by atoms with Crippen LogP contribution in [0.15, 0.2) is 36.5 Å². The van der Waals surface area contributed by atoms with Crippen LogP contribution in [0.1, 0.15) is 43.2 Å². The maximum atomic E-state index is 12.4. The molecule has 1 aromatic heterocycles. The number of aliphatic carboxylic acids is 1. The highest BCUT2D eigenvalue weighted by molar-refractivity contribution is 5.95. The molecule has 23 heavy (non-hydrogen) atoms. The molecular weight excluding hydrogens is 294 g/mol. The summed E-state index contributed by atoms with van der Waals surface area (Å²) in [6.45, 7) is 6.05. The van der Waals surface area contributed by atoms with E-state index in [1.165, 1.54) is 0 Å². The topological polar surface area (TPSA) is 84.2 Å². The Hall–Kier alpha value is -2.63. The van der Waals surface area contributed by atoms with Gasteiger partial charge in [0.25, 0.3) is 5.91 Å². The maximum Gasteiger partial charge on any atom is 0.305 e. The second kappa shape index (κ2) is 6.64. The SMILES string of the molecule is CC(C)(C)c1nn(-c2ccccc2)cc1C(=O)NCCC(=O)O. The molecule has 0 unspecified atom stereocenters. The fraction of sp³-hybridized carbons (Fsp3) is 0.353. The molecule has 1 amide bonds. The zero-order chi connectivity index (χ0) is 17.0. The second-order valence-electron chi connectivity index (χ2n) is 6.32. The first kappa shape index (κ1) is 16.7. The molecule has 0 saturated carbocycles. The first-order chi connectivity index (χ1) is 10.8. The van der Waals surface area contributed by atoms with Gasteiger partial charge in [0.1, 0.15) is 0 Å². The standard InChI is InChI=1S/C17H21N3O3/c1-17(2,3)15-13(16(23)18-10-9-14(21)22)11-20(19-15)12-7-5-4-6-8-12/h4-8,11H,9-10H2,1-3H3,(H,18,23)(H,21,22). The van der Waals surface area contributed by atoms with Crippen molar-refractivity contribution in [2.75, 3.05) is 6.54 Å². The highest BCUT2D eigenvalue weighted by atomic mass is 16.4. The molecule has 0 aliphatic rings. The summed E-state index contributed by atoms with van der Waals surface area (Å²) in [6, 6.07) is 9.54. The molecule has 0 aliphatic heterocycles. The fourth-order valence-corrected chi connectivity index (χ4v) is 2.19. The Morgan fingerprint density at radius 3 is 2.43 bits per heavy atom. The van der Waals surface area contributed by atoms with E-state index in [1.807, 2.05) is 51.1 Å². The van der Waals surface area contributed by atoms with Crippen molar-refractivity contribution >= 4 is 11.9 Å². The summed E-state index contributed by atoms with van der Waals surface area (Å²) in [5.74, 6) is -1.25. The highest BCUT2D eigenvalue weighted by Gasteiger charge is 2.26. The third kappa shape index (κ3) is 4.18.